The van der Waals surface area contributed by atoms with Crippen molar-refractivity contribution in [1.29, 1.82) is 0 Å². The topological polar surface area (TPSA) is 47.9 Å². The molecule has 11 rings (SSSR count). The Kier molecular flexibility index (Phi) is 6.19. The molecule has 250 valence electrons. The molecule has 4 heteroatoms. The Balaban J connectivity index is 1.16. The molecule has 3 aliphatic rings. The highest BCUT2D eigenvalue weighted by molar-refractivity contribution is 5.90. The first-order chi connectivity index (χ1) is 26.0. The van der Waals surface area contributed by atoms with Crippen LogP contribution >= 0.6 is 0 Å². The van der Waals surface area contributed by atoms with Crippen molar-refractivity contribution in [3.8, 4) is 67.9 Å². The molecular weight excluding hydrogens is 647 g/mol. The van der Waals surface area contributed by atoms with Crippen LogP contribution < -0.4 is 4.74 Å². The van der Waals surface area contributed by atoms with E-state index in [9.17, 15) is 0 Å². The molecule has 1 aliphatic heterocycles. The highest BCUT2D eigenvalue weighted by Crippen LogP contribution is 2.63. The minimum absolute atomic E-state index is 0.151. The third kappa shape index (κ3) is 4.09. The monoisotopic (exact) mass is 679 g/mol. The molecule has 1 aromatic heterocycles. The second-order valence-corrected chi connectivity index (χ2v) is 14.7. The second-order valence-electron chi connectivity index (χ2n) is 14.7. The van der Waals surface area contributed by atoms with E-state index in [0.29, 0.717) is 17.5 Å². The molecule has 7 aromatic carbocycles. The molecule has 4 nitrogen and oxygen atoms in total. The van der Waals surface area contributed by atoms with Gasteiger partial charge in [0.05, 0.1) is 11.0 Å². The summed E-state index contributed by atoms with van der Waals surface area (Å²) < 4.78 is 6.99. The van der Waals surface area contributed by atoms with Gasteiger partial charge >= 0.3 is 0 Å². The molecule has 0 saturated heterocycles. The fourth-order valence-corrected chi connectivity index (χ4v) is 9.24. The van der Waals surface area contributed by atoms with Crippen molar-refractivity contribution in [3.63, 3.8) is 0 Å². The summed E-state index contributed by atoms with van der Waals surface area (Å²) in [5, 5.41) is 0. The minimum atomic E-state index is -0.577. The maximum absolute atomic E-state index is 6.99. The molecule has 53 heavy (non-hydrogen) atoms. The summed E-state index contributed by atoms with van der Waals surface area (Å²) in [4.78, 5) is 15.6. The van der Waals surface area contributed by atoms with Gasteiger partial charge in [0.1, 0.15) is 11.5 Å². The normalized spacial score (nSPS) is 14.7. The highest BCUT2D eigenvalue weighted by Gasteiger charge is 2.51. The van der Waals surface area contributed by atoms with Crippen LogP contribution in [0.2, 0.25) is 0 Å². The first-order valence-electron chi connectivity index (χ1n) is 18.2. The third-order valence-corrected chi connectivity index (χ3v) is 11.6. The van der Waals surface area contributed by atoms with Crippen molar-refractivity contribution in [2.75, 3.05) is 0 Å². The number of nitrogens with zero attached hydrogens (tertiary/aromatic N) is 3. The van der Waals surface area contributed by atoms with Gasteiger partial charge in [-0.1, -0.05) is 159 Å². The predicted molar refractivity (Wildman–Crippen MR) is 211 cm³/mol. The molecule has 0 fully saturated rings. The van der Waals surface area contributed by atoms with Gasteiger partial charge in [-0.25, -0.2) is 15.0 Å². The van der Waals surface area contributed by atoms with E-state index in [0.717, 1.165) is 39.3 Å². The van der Waals surface area contributed by atoms with Crippen LogP contribution in [0.1, 0.15) is 47.2 Å². The number of hydrogen-bond donors (Lipinski definition) is 0. The molecular formula is C49H33N3O. The standard InChI is InChI=1S/C49H33N3O/c1-48(2)37-21-9-6-17-32(37)35-28-27-31(29-42(35)48)46-50-45(30-15-4-3-5-16-30)51-47(52-46)36-20-14-25-41-44(36)53-43-26-13-12-24-40(43)49(41)38-22-10-7-18-33(38)34-19-8-11-23-39(34)49/h3-29H,1-2H3. The molecule has 0 saturated carbocycles. The summed E-state index contributed by atoms with van der Waals surface area (Å²) in [5.41, 5.74) is 14.3. The van der Waals surface area contributed by atoms with E-state index in [1.807, 2.05) is 18.2 Å². The van der Waals surface area contributed by atoms with Crippen molar-refractivity contribution in [2.24, 2.45) is 0 Å². The van der Waals surface area contributed by atoms with Gasteiger partial charge in [-0.15, -0.1) is 0 Å². The first-order valence-corrected chi connectivity index (χ1v) is 18.2. The smallest absolute Gasteiger partial charge is 0.167 e. The Bertz CT molecular complexity index is 2760. The lowest BCUT2D eigenvalue weighted by Gasteiger charge is -2.39. The van der Waals surface area contributed by atoms with Crippen LogP contribution in [0.3, 0.4) is 0 Å². The van der Waals surface area contributed by atoms with Crippen molar-refractivity contribution in [3.05, 3.63) is 197 Å². The van der Waals surface area contributed by atoms with Crippen LogP contribution in [0, 0.1) is 0 Å². The van der Waals surface area contributed by atoms with Crippen LogP contribution in [0.4, 0.5) is 0 Å². The maximum Gasteiger partial charge on any atom is 0.167 e. The molecule has 2 heterocycles. The lowest BCUT2D eigenvalue weighted by Crippen LogP contribution is -2.32. The quantitative estimate of drug-likeness (QED) is 0.186. The Morgan fingerprint density at radius 1 is 0.377 bits per heavy atom. The molecule has 0 unspecified atom stereocenters. The van der Waals surface area contributed by atoms with Gasteiger partial charge < -0.3 is 4.74 Å². The number of fused-ring (bicyclic) bond motifs is 12. The van der Waals surface area contributed by atoms with E-state index < -0.39 is 5.41 Å². The van der Waals surface area contributed by atoms with Crippen LogP contribution in [-0.2, 0) is 10.8 Å². The highest BCUT2D eigenvalue weighted by atomic mass is 16.5. The van der Waals surface area contributed by atoms with Crippen LogP contribution in [-0.4, -0.2) is 15.0 Å². The molecule has 8 aromatic rings. The summed E-state index contributed by atoms with van der Waals surface area (Å²) in [6.07, 6.45) is 0. The van der Waals surface area contributed by atoms with Crippen LogP contribution in [0.15, 0.2) is 164 Å². The van der Waals surface area contributed by atoms with Gasteiger partial charge in [0.25, 0.3) is 0 Å². The van der Waals surface area contributed by atoms with Crippen molar-refractivity contribution in [1.82, 2.24) is 15.0 Å². The molecule has 0 atom stereocenters. The largest absolute Gasteiger partial charge is 0.456 e. The Morgan fingerprint density at radius 3 is 1.60 bits per heavy atom. The van der Waals surface area contributed by atoms with E-state index in [2.05, 4.69) is 159 Å². The second kappa shape index (κ2) is 10.9. The summed E-state index contributed by atoms with van der Waals surface area (Å²) in [5.74, 6) is 3.41. The van der Waals surface area contributed by atoms with Crippen molar-refractivity contribution in [2.45, 2.75) is 24.7 Å². The summed E-state index contributed by atoms with van der Waals surface area (Å²) in [6, 6.07) is 58.0. The SMILES string of the molecule is CC1(C)c2ccccc2-c2ccc(-c3nc(-c4ccccc4)nc(-c4cccc5c4Oc4ccccc4C54c5ccccc5-c5ccccc54)n3)cc21. The molecule has 0 bridgehead atoms. The van der Waals surface area contributed by atoms with E-state index in [1.54, 1.807) is 0 Å². The van der Waals surface area contributed by atoms with E-state index in [1.165, 1.54) is 44.5 Å². The number of aromatic nitrogens is 3. The summed E-state index contributed by atoms with van der Waals surface area (Å²) in [7, 11) is 0. The minimum Gasteiger partial charge on any atom is -0.456 e. The van der Waals surface area contributed by atoms with Crippen molar-refractivity contribution >= 4 is 0 Å². The zero-order valence-corrected chi connectivity index (χ0v) is 29.3. The van der Waals surface area contributed by atoms with Gasteiger partial charge in [0, 0.05) is 27.7 Å². The fraction of sp³-hybridized carbons (Fsp3) is 0.0816. The number of benzene rings is 7. The Labute approximate surface area is 308 Å². The van der Waals surface area contributed by atoms with E-state index in [4.69, 9.17) is 19.7 Å². The number of hydrogen-bond acceptors (Lipinski definition) is 4. The average molecular weight is 680 g/mol. The summed E-state index contributed by atoms with van der Waals surface area (Å²) in [6.45, 7) is 4.60. The molecule has 2 aliphatic carbocycles. The third-order valence-electron chi connectivity index (χ3n) is 11.6. The predicted octanol–water partition coefficient (Wildman–Crippen LogP) is 11.6. The van der Waals surface area contributed by atoms with Gasteiger partial charge in [0.15, 0.2) is 17.5 Å². The zero-order valence-electron chi connectivity index (χ0n) is 29.3. The lowest BCUT2D eigenvalue weighted by molar-refractivity contribution is 0.437. The lowest BCUT2D eigenvalue weighted by atomic mass is 9.66. The van der Waals surface area contributed by atoms with Gasteiger partial charge in [0.2, 0.25) is 0 Å². The number of ether oxygens (including phenoxy) is 1. The molecule has 0 N–H and O–H groups in total. The van der Waals surface area contributed by atoms with Crippen LogP contribution in [0.5, 0.6) is 11.5 Å². The Hall–Kier alpha value is -6.65. The first kappa shape index (κ1) is 30.0. The summed E-state index contributed by atoms with van der Waals surface area (Å²) >= 11 is 0. The van der Waals surface area contributed by atoms with Crippen molar-refractivity contribution < 1.29 is 4.74 Å². The van der Waals surface area contributed by atoms with E-state index in [-0.39, 0.29) is 5.41 Å². The molecule has 1 spiro atoms. The van der Waals surface area contributed by atoms with E-state index >= 15 is 0 Å². The molecule has 0 radical (unpaired) electrons. The van der Waals surface area contributed by atoms with Gasteiger partial charge in [-0.3, -0.25) is 0 Å². The zero-order chi connectivity index (χ0) is 35.3. The average Bonchev–Trinajstić information content (AvgIpc) is 3.63. The Morgan fingerprint density at radius 2 is 0.887 bits per heavy atom. The maximum atomic E-state index is 6.99. The number of rotatable bonds is 3. The number of para-hydroxylation sites is 2. The van der Waals surface area contributed by atoms with Gasteiger partial charge in [-0.2, -0.15) is 0 Å². The molecule has 0 amide bonds. The van der Waals surface area contributed by atoms with Gasteiger partial charge in [-0.05, 0) is 62.7 Å². The van der Waals surface area contributed by atoms with Crippen LogP contribution in [0.25, 0.3) is 56.4 Å². The fourth-order valence-electron chi connectivity index (χ4n) is 9.24.